The first-order chi connectivity index (χ1) is 6.65. The first-order valence-electron chi connectivity index (χ1n) is 5.12. The van der Waals surface area contributed by atoms with Crippen molar-refractivity contribution >= 4 is 0 Å². The summed E-state index contributed by atoms with van der Waals surface area (Å²) in [6.45, 7) is 6.63. The Morgan fingerprint density at radius 3 is 2.79 bits per heavy atom. The number of rotatable bonds is 4. The second-order valence-electron chi connectivity index (χ2n) is 3.74. The van der Waals surface area contributed by atoms with Crippen LogP contribution in [0.25, 0.3) is 0 Å². The average Bonchev–Trinajstić information content (AvgIpc) is 2.20. The van der Waals surface area contributed by atoms with Gasteiger partial charge in [-0.3, -0.25) is 0 Å². The summed E-state index contributed by atoms with van der Waals surface area (Å²) >= 11 is 0. The van der Waals surface area contributed by atoms with Crippen molar-refractivity contribution in [1.29, 1.82) is 0 Å². The van der Waals surface area contributed by atoms with Gasteiger partial charge in [-0.2, -0.15) is 0 Å². The van der Waals surface area contributed by atoms with Crippen molar-refractivity contribution in [2.45, 2.75) is 39.8 Å². The fraction of sp³-hybridized carbons (Fsp3) is 0.500. The Morgan fingerprint density at radius 1 is 1.43 bits per heavy atom. The molecule has 0 aliphatic carbocycles. The SMILES string of the molecule is CCC(C)NCc1cccc(C)c1F. The van der Waals surface area contributed by atoms with Gasteiger partial charge in [-0.25, -0.2) is 4.39 Å². The largest absolute Gasteiger partial charge is 0.310 e. The van der Waals surface area contributed by atoms with Crippen LogP contribution in [0.3, 0.4) is 0 Å². The number of nitrogens with one attached hydrogen (secondary N) is 1. The van der Waals surface area contributed by atoms with Crippen molar-refractivity contribution in [3.05, 3.63) is 35.1 Å². The summed E-state index contributed by atoms with van der Waals surface area (Å²) in [5.74, 6) is -0.0803. The zero-order valence-corrected chi connectivity index (χ0v) is 9.10. The lowest BCUT2D eigenvalue weighted by atomic mass is 10.1. The number of aryl methyl sites for hydroxylation is 1. The molecule has 0 saturated carbocycles. The van der Waals surface area contributed by atoms with E-state index in [0.29, 0.717) is 18.2 Å². The van der Waals surface area contributed by atoms with Gasteiger partial charge in [0.05, 0.1) is 0 Å². The molecule has 0 heterocycles. The van der Waals surface area contributed by atoms with E-state index >= 15 is 0 Å². The minimum atomic E-state index is -0.0803. The molecule has 1 rings (SSSR count). The third-order valence-corrected chi connectivity index (χ3v) is 2.53. The molecule has 0 bridgehead atoms. The molecule has 1 nitrogen and oxygen atoms in total. The lowest BCUT2D eigenvalue weighted by Gasteiger charge is -2.12. The topological polar surface area (TPSA) is 12.0 Å². The molecule has 0 aliphatic rings. The fourth-order valence-corrected chi connectivity index (χ4v) is 1.27. The summed E-state index contributed by atoms with van der Waals surface area (Å²) in [6, 6.07) is 5.96. The van der Waals surface area contributed by atoms with E-state index in [4.69, 9.17) is 0 Å². The Kier molecular flexibility index (Phi) is 4.08. The van der Waals surface area contributed by atoms with Gasteiger partial charge in [-0.15, -0.1) is 0 Å². The predicted octanol–water partition coefficient (Wildman–Crippen LogP) is 3.02. The molecule has 14 heavy (non-hydrogen) atoms. The van der Waals surface area contributed by atoms with Crippen LogP contribution in [0, 0.1) is 12.7 Å². The molecule has 0 spiro atoms. The fourth-order valence-electron chi connectivity index (χ4n) is 1.27. The Hall–Kier alpha value is -0.890. The predicted molar refractivity (Wildman–Crippen MR) is 57.7 cm³/mol. The average molecular weight is 195 g/mol. The highest BCUT2D eigenvalue weighted by Gasteiger charge is 2.05. The zero-order valence-electron chi connectivity index (χ0n) is 9.10. The van der Waals surface area contributed by atoms with Crippen LogP contribution in [0.4, 0.5) is 4.39 Å². The molecule has 0 radical (unpaired) electrons. The van der Waals surface area contributed by atoms with Crippen LogP contribution in [0.2, 0.25) is 0 Å². The standard InChI is InChI=1S/C12H18FN/c1-4-10(3)14-8-11-7-5-6-9(2)12(11)13/h5-7,10,14H,4,8H2,1-3H3. The van der Waals surface area contributed by atoms with Crippen molar-refractivity contribution in [2.75, 3.05) is 0 Å². The van der Waals surface area contributed by atoms with Crippen LogP contribution in [0.1, 0.15) is 31.4 Å². The summed E-state index contributed by atoms with van der Waals surface area (Å²) in [5, 5.41) is 3.28. The molecule has 0 fully saturated rings. The van der Waals surface area contributed by atoms with Gasteiger partial charge < -0.3 is 5.32 Å². The highest BCUT2D eigenvalue weighted by molar-refractivity contribution is 5.24. The molecular formula is C12H18FN. The van der Waals surface area contributed by atoms with E-state index in [-0.39, 0.29) is 5.82 Å². The summed E-state index contributed by atoms with van der Waals surface area (Å²) in [7, 11) is 0. The highest BCUT2D eigenvalue weighted by atomic mass is 19.1. The molecule has 0 aliphatic heterocycles. The Bertz CT molecular complexity index is 296. The molecule has 1 aromatic carbocycles. The normalized spacial score (nSPS) is 12.9. The maximum atomic E-state index is 13.5. The highest BCUT2D eigenvalue weighted by Crippen LogP contribution is 2.11. The Labute approximate surface area is 85.3 Å². The van der Waals surface area contributed by atoms with Gasteiger partial charge in [-0.1, -0.05) is 25.1 Å². The quantitative estimate of drug-likeness (QED) is 0.778. The molecule has 0 amide bonds. The lowest BCUT2D eigenvalue weighted by Crippen LogP contribution is -2.25. The van der Waals surface area contributed by atoms with Gasteiger partial charge in [0.15, 0.2) is 0 Å². The third kappa shape index (κ3) is 2.81. The molecular weight excluding hydrogens is 177 g/mol. The number of hydrogen-bond donors (Lipinski definition) is 1. The molecule has 1 N–H and O–H groups in total. The first kappa shape index (κ1) is 11.2. The second kappa shape index (κ2) is 5.11. The van der Waals surface area contributed by atoms with Crippen LogP contribution in [-0.4, -0.2) is 6.04 Å². The van der Waals surface area contributed by atoms with Crippen molar-refractivity contribution < 1.29 is 4.39 Å². The minimum Gasteiger partial charge on any atom is -0.310 e. The minimum absolute atomic E-state index is 0.0803. The molecule has 2 heteroatoms. The molecule has 1 unspecified atom stereocenters. The van der Waals surface area contributed by atoms with Crippen molar-refractivity contribution in [2.24, 2.45) is 0 Å². The Balaban J connectivity index is 2.63. The molecule has 0 saturated heterocycles. The van der Waals surface area contributed by atoms with Crippen LogP contribution in [-0.2, 0) is 6.54 Å². The second-order valence-corrected chi connectivity index (χ2v) is 3.74. The molecule has 1 aromatic rings. The van der Waals surface area contributed by atoms with E-state index in [1.165, 1.54) is 0 Å². The van der Waals surface area contributed by atoms with Crippen LogP contribution in [0.5, 0.6) is 0 Å². The summed E-state index contributed by atoms with van der Waals surface area (Å²) in [5.41, 5.74) is 1.47. The molecule has 0 aromatic heterocycles. The summed E-state index contributed by atoms with van der Waals surface area (Å²) in [6.07, 6.45) is 1.06. The molecule has 1 atom stereocenters. The maximum absolute atomic E-state index is 13.5. The summed E-state index contributed by atoms with van der Waals surface area (Å²) in [4.78, 5) is 0. The zero-order chi connectivity index (χ0) is 10.6. The van der Waals surface area contributed by atoms with E-state index in [1.54, 1.807) is 13.0 Å². The van der Waals surface area contributed by atoms with Crippen molar-refractivity contribution in [1.82, 2.24) is 5.32 Å². The van der Waals surface area contributed by atoms with Gasteiger partial charge in [0.25, 0.3) is 0 Å². The third-order valence-electron chi connectivity index (χ3n) is 2.53. The van der Waals surface area contributed by atoms with Crippen molar-refractivity contribution in [3.63, 3.8) is 0 Å². The van der Waals surface area contributed by atoms with Crippen LogP contribution in [0.15, 0.2) is 18.2 Å². The lowest BCUT2D eigenvalue weighted by molar-refractivity contribution is 0.515. The number of halogens is 1. The van der Waals surface area contributed by atoms with Crippen LogP contribution >= 0.6 is 0 Å². The van der Waals surface area contributed by atoms with Crippen LogP contribution < -0.4 is 5.32 Å². The Morgan fingerprint density at radius 2 is 2.14 bits per heavy atom. The number of benzene rings is 1. The summed E-state index contributed by atoms with van der Waals surface area (Å²) < 4.78 is 13.5. The smallest absolute Gasteiger partial charge is 0.130 e. The monoisotopic (exact) mass is 195 g/mol. The van der Waals surface area contributed by atoms with Gasteiger partial charge in [0.1, 0.15) is 5.82 Å². The molecule has 78 valence electrons. The van der Waals surface area contributed by atoms with Gasteiger partial charge in [-0.05, 0) is 25.8 Å². The van der Waals surface area contributed by atoms with Gasteiger partial charge in [0.2, 0.25) is 0 Å². The van der Waals surface area contributed by atoms with E-state index in [2.05, 4.69) is 19.2 Å². The van der Waals surface area contributed by atoms with Gasteiger partial charge >= 0.3 is 0 Å². The maximum Gasteiger partial charge on any atom is 0.130 e. The first-order valence-corrected chi connectivity index (χ1v) is 5.12. The van der Waals surface area contributed by atoms with E-state index in [0.717, 1.165) is 12.0 Å². The van der Waals surface area contributed by atoms with E-state index in [9.17, 15) is 4.39 Å². The van der Waals surface area contributed by atoms with E-state index < -0.39 is 0 Å². The number of hydrogen-bond acceptors (Lipinski definition) is 1. The van der Waals surface area contributed by atoms with E-state index in [1.807, 2.05) is 12.1 Å². The van der Waals surface area contributed by atoms with Crippen molar-refractivity contribution in [3.8, 4) is 0 Å². The van der Waals surface area contributed by atoms with Gasteiger partial charge in [0, 0.05) is 18.2 Å².